The molecule has 1 heterocycles. The fourth-order valence-corrected chi connectivity index (χ4v) is 7.52. The molecule has 8 nitrogen and oxygen atoms in total. The fourth-order valence-electron chi connectivity index (χ4n) is 6.69. The third-order valence-corrected chi connectivity index (χ3v) is 10.1. The Kier molecular flexibility index (Phi) is 10.2. The number of thioether (sulfide) groups is 1. The molecule has 2 aliphatic carbocycles. The van der Waals surface area contributed by atoms with Crippen LogP contribution in [0.5, 0.6) is 5.75 Å². The number of hydrogen-bond acceptors (Lipinski definition) is 7. The smallest absolute Gasteiger partial charge is 0.228 e. The molecule has 0 radical (unpaired) electrons. The number of aliphatic hydroxyl groups is 1. The highest BCUT2D eigenvalue weighted by Crippen LogP contribution is 2.49. The number of aliphatic hydroxyl groups excluding tert-OH is 1. The third kappa shape index (κ3) is 7.58. The number of benzene rings is 3. The van der Waals surface area contributed by atoms with Crippen LogP contribution in [0.1, 0.15) is 69.5 Å². The number of fused-ring (bicyclic) bond motifs is 1. The van der Waals surface area contributed by atoms with Crippen LogP contribution in [0.2, 0.25) is 5.02 Å². The van der Waals surface area contributed by atoms with E-state index in [4.69, 9.17) is 16.3 Å². The van der Waals surface area contributed by atoms with Crippen molar-refractivity contribution in [1.82, 2.24) is 10.2 Å². The molecule has 3 N–H and O–H groups in total. The Morgan fingerprint density at radius 2 is 1.82 bits per heavy atom. The van der Waals surface area contributed by atoms with E-state index in [-0.39, 0.29) is 48.0 Å². The fraction of sp³-hybridized carbons (Fsp3) is 0.308. The van der Waals surface area contributed by atoms with Crippen molar-refractivity contribution in [3.63, 3.8) is 0 Å². The van der Waals surface area contributed by atoms with Gasteiger partial charge in [-0.3, -0.25) is 19.3 Å². The van der Waals surface area contributed by atoms with Gasteiger partial charge in [0.15, 0.2) is 5.78 Å². The number of carbonyl (C=O) groups excluding carboxylic acids is 3. The van der Waals surface area contributed by atoms with Crippen LogP contribution in [0.25, 0.3) is 0 Å². The maximum atomic E-state index is 14.5. The Balaban J connectivity index is 1.38. The summed E-state index contributed by atoms with van der Waals surface area (Å²) in [6.45, 7) is 4.41. The van der Waals surface area contributed by atoms with Crippen molar-refractivity contribution in [2.24, 2.45) is 5.41 Å². The lowest BCUT2D eigenvalue weighted by molar-refractivity contribution is -0.132. The van der Waals surface area contributed by atoms with Gasteiger partial charge in [-0.25, -0.2) is 0 Å². The van der Waals surface area contributed by atoms with Gasteiger partial charge < -0.3 is 20.5 Å². The second kappa shape index (κ2) is 14.6. The first kappa shape index (κ1) is 34.4. The van der Waals surface area contributed by atoms with Crippen LogP contribution in [0.4, 0.5) is 5.69 Å². The molecule has 3 aromatic rings. The lowest BCUT2D eigenvalue weighted by Gasteiger charge is -2.37. The van der Waals surface area contributed by atoms with Gasteiger partial charge in [0.1, 0.15) is 23.8 Å². The van der Waals surface area contributed by atoms with Crippen molar-refractivity contribution in [2.45, 2.75) is 69.9 Å². The van der Waals surface area contributed by atoms with Crippen molar-refractivity contribution in [2.75, 3.05) is 11.6 Å². The van der Waals surface area contributed by atoms with Gasteiger partial charge in [0.2, 0.25) is 11.8 Å². The van der Waals surface area contributed by atoms with E-state index in [0.717, 1.165) is 10.5 Å². The number of ketones is 1. The number of nitrogens with zero attached hydrogens (tertiary/aromatic N) is 1. The summed E-state index contributed by atoms with van der Waals surface area (Å²) in [4.78, 5) is 44.3. The molecule has 0 aromatic heterocycles. The minimum absolute atomic E-state index is 0.0800. The Morgan fingerprint density at radius 3 is 2.57 bits per heavy atom. The molecule has 0 spiro atoms. The van der Waals surface area contributed by atoms with E-state index in [1.54, 1.807) is 23.1 Å². The van der Waals surface area contributed by atoms with Gasteiger partial charge in [-0.15, -0.1) is 11.8 Å². The molecule has 0 saturated carbocycles. The maximum Gasteiger partial charge on any atom is 0.228 e. The number of nitrogens with one attached hydrogen (secondary N) is 2. The van der Waals surface area contributed by atoms with E-state index in [9.17, 15) is 19.5 Å². The Morgan fingerprint density at radius 1 is 1.06 bits per heavy atom. The highest BCUT2D eigenvalue weighted by Gasteiger charge is 2.45. The van der Waals surface area contributed by atoms with E-state index < -0.39 is 6.04 Å². The molecule has 10 heteroatoms. The van der Waals surface area contributed by atoms with E-state index in [1.807, 2.05) is 80.8 Å². The molecule has 3 aromatic carbocycles. The average Bonchev–Trinajstić information content (AvgIpc) is 3.22. The van der Waals surface area contributed by atoms with Crippen molar-refractivity contribution >= 4 is 46.6 Å². The molecule has 49 heavy (non-hydrogen) atoms. The summed E-state index contributed by atoms with van der Waals surface area (Å²) in [6, 6.07) is 21.7. The third-order valence-electron chi connectivity index (χ3n) is 8.98. The summed E-state index contributed by atoms with van der Waals surface area (Å²) >= 11 is 8.55. The lowest BCUT2D eigenvalue weighted by atomic mass is 9.73. The van der Waals surface area contributed by atoms with Crippen LogP contribution in [0.15, 0.2) is 112 Å². The molecule has 1 unspecified atom stereocenters. The maximum absolute atomic E-state index is 14.5. The number of rotatable bonds is 9. The highest BCUT2D eigenvalue weighted by atomic mass is 35.5. The second-order valence-corrected chi connectivity index (χ2v) is 14.5. The molecular formula is C39H40ClN3O5S. The van der Waals surface area contributed by atoms with Gasteiger partial charge >= 0.3 is 0 Å². The number of ether oxygens (including phenoxy) is 1. The summed E-state index contributed by atoms with van der Waals surface area (Å²) in [6.07, 6.45) is 5.33. The number of para-hydroxylation sites is 1. The van der Waals surface area contributed by atoms with E-state index in [1.165, 1.54) is 11.8 Å². The first-order chi connectivity index (χ1) is 23.5. The predicted molar refractivity (Wildman–Crippen MR) is 193 cm³/mol. The summed E-state index contributed by atoms with van der Waals surface area (Å²) in [5.74, 6) is -0.118. The largest absolute Gasteiger partial charge is 0.510 e. The average molecular weight is 698 g/mol. The van der Waals surface area contributed by atoms with E-state index in [0.29, 0.717) is 70.6 Å². The minimum atomic E-state index is -0.899. The second-order valence-electron chi connectivity index (χ2n) is 13.3. The monoisotopic (exact) mass is 697 g/mol. The molecule has 0 bridgehead atoms. The van der Waals surface area contributed by atoms with Crippen molar-refractivity contribution in [1.29, 1.82) is 0 Å². The van der Waals surface area contributed by atoms with Crippen LogP contribution in [-0.4, -0.2) is 33.9 Å². The van der Waals surface area contributed by atoms with Crippen molar-refractivity contribution < 1.29 is 24.2 Å². The summed E-state index contributed by atoms with van der Waals surface area (Å²) in [7, 11) is 0. The van der Waals surface area contributed by atoms with Crippen molar-refractivity contribution in [3.8, 4) is 5.75 Å². The van der Waals surface area contributed by atoms with Crippen molar-refractivity contribution in [3.05, 3.63) is 123 Å². The number of anilines is 1. The quantitative estimate of drug-likeness (QED) is 0.192. The van der Waals surface area contributed by atoms with Gasteiger partial charge in [0.05, 0.1) is 17.4 Å². The Bertz CT molecular complexity index is 1880. The van der Waals surface area contributed by atoms with Gasteiger partial charge in [-0.2, -0.15) is 0 Å². The number of halogens is 1. The molecule has 2 amide bonds. The van der Waals surface area contributed by atoms with Gasteiger partial charge in [-0.05, 0) is 59.9 Å². The first-order valence-electron chi connectivity index (χ1n) is 16.4. The van der Waals surface area contributed by atoms with Gasteiger partial charge in [-0.1, -0.05) is 80.1 Å². The molecule has 1 aliphatic heterocycles. The lowest BCUT2D eigenvalue weighted by Crippen LogP contribution is -2.39. The van der Waals surface area contributed by atoms with Gasteiger partial charge in [0, 0.05) is 46.9 Å². The summed E-state index contributed by atoms with van der Waals surface area (Å²) in [5, 5.41) is 17.8. The summed E-state index contributed by atoms with van der Waals surface area (Å²) < 4.78 is 6.05. The zero-order valence-corrected chi connectivity index (χ0v) is 29.4. The topological polar surface area (TPSA) is 108 Å². The van der Waals surface area contributed by atoms with Crippen LogP contribution in [0, 0.1) is 5.41 Å². The first-order valence-corrected chi connectivity index (χ1v) is 18.0. The molecule has 1 atom stereocenters. The van der Waals surface area contributed by atoms with E-state index in [2.05, 4.69) is 10.6 Å². The number of hydrogen-bond donors (Lipinski definition) is 3. The molecule has 0 fully saturated rings. The van der Waals surface area contributed by atoms with Crippen LogP contribution in [-0.2, 0) is 21.0 Å². The zero-order valence-electron chi connectivity index (χ0n) is 27.8. The highest BCUT2D eigenvalue weighted by molar-refractivity contribution is 7.98. The SMILES string of the molecule is CSc1ccccc1NC(=O)CCC(=O)N1C2=CCCC(O)=C2NC2=C(C(=O)CC(C)(C)C2)C1c1ccc(OCc2ccccc2)cc1Cl. The molecule has 6 rings (SSSR count). The van der Waals surface area contributed by atoms with E-state index >= 15 is 0 Å². The van der Waals surface area contributed by atoms with Crippen LogP contribution >= 0.6 is 23.4 Å². The molecular weight excluding hydrogens is 658 g/mol. The molecule has 0 saturated heterocycles. The number of amides is 2. The normalized spacial score (nSPS) is 18.5. The summed E-state index contributed by atoms with van der Waals surface area (Å²) in [5.41, 5.74) is 3.85. The van der Waals surface area contributed by atoms with Crippen LogP contribution in [0.3, 0.4) is 0 Å². The Hall–Kier alpha value is -4.47. The number of Topliss-reactive ketones (excluding diaryl/α,β-unsaturated/α-hetero) is 1. The van der Waals surface area contributed by atoms with Crippen LogP contribution < -0.4 is 15.4 Å². The predicted octanol–water partition coefficient (Wildman–Crippen LogP) is 8.62. The standard InChI is InChI=1S/C39H40ClN3O5S/c1-39(2)21-29-36(32(45)22-39)38(26-17-16-25(20-27(26)40)48-23-24-10-5-4-6-11-24)43(30-13-9-14-31(44)37(30)42-29)35(47)19-18-34(46)41-28-12-7-8-15-33(28)49-3/h4-8,10-13,15-17,20,38,42,44H,9,14,18-19,21-23H2,1-3H3,(H,41,46). The molecule has 254 valence electrons. The van der Waals surface area contributed by atoms with Gasteiger partial charge in [0.25, 0.3) is 0 Å². The minimum Gasteiger partial charge on any atom is -0.510 e. The molecule has 3 aliphatic rings. The number of allylic oxidation sites excluding steroid dienone is 3. The zero-order chi connectivity index (χ0) is 34.7. The Labute approximate surface area is 296 Å². The number of carbonyl (C=O) groups is 3.